The third-order valence-electron chi connectivity index (χ3n) is 4.97. The molecule has 0 radical (unpaired) electrons. The van der Waals surface area contributed by atoms with E-state index in [-0.39, 0.29) is 11.6 Å². The van der Waals surface area contributed by atoms with Gasteiger partial charge in [0.05, 0.1) is 6.04 Å². The summed E-state index contributed by atoms with van der Waals surface area (Å²) < 4.78 is 0. The van der Waals surface area contributed by atoms with Crippen LogP contribution in [0.15, 0.2) is 48.0 Å². The Kier molecular flexibility index (Phi) is 3.46. The minimum absolute atomic E-state index is 0.0386. The number of allylic oxidation sites excluding steroid dienone is 1. The van der Waals surface area contributed by atoms with Crippen LogP contribution in [0.2, 0.25) is 0 Å². The van der Waals surface area contributed by atoms with Gasteiger partial charge in [0, 0.05) is 11.1 Å². The highest BCUT2D eigenvalue weighted by molar-refractivity contribution is 5.89. The molecule has 0 fully saturated rings. The molecule has 23 heavy (non-hydrogen) atoms. The Labute approximate surface area is 138 Å². The Hall–Kier alpha value is -1.80. The monoisotopic (exact) mass is 307 g/mol. The Bertz CT molecular complexity index is 769. The molecule has 120 valence electrons. The van der Waals surface area contributed by atoms with E-state index < -0.39 is 0 Å². The molecule has 0 spiro atoms. The van der Waals surface area contributed by atoms with Gasteiger partial charge in [-0.1, -0.05) is 36.4 Å². The van der Waals surface area contributed by atoms with E-state index in [0.717, 1.165) is 5.75 Å². The number of hydrogen-bond donors (Lipinski definition) is 0. The zero-order valence-electron chi connectivity index (χ0n) is 14.3. The molecule has 0 N–H and O–H groups in total. The molecule has 1 heterocycles. The average molecular weight is 307 g/mol. The van der Waals surface area contributed by atoms with Crippen LogP contribution in [0.4, 0.5) is 0 Å². The van der Waals surface area contributed by atoms with E-state index in [2.05, 4.69) is 68.3 Å². The fourth-order valence-electron chi connectivity index (χ4n) is 3.88. The van der Waals surface area contributed by atoms with Crippen LogP contribution in [-0.2, 0) is 0 Å². The summed E-state index contributed by atoms with van der Waals surface area (Å²) in [6.45, 7) is 6.70. The number of hydroxylamine groups is 2. The van der Waals surface area contributed by atoms with E-state index >= 15 is 0 Å². The van der Waals surface area contributed by atoms with Crippen molar-refractivity contribution in [2.75, 3.05) is 0 Å². The predicted molar refractivity (Wildman–Crippen MR) is 95.5 cm³/mol. The summed E-state index contributed by atoms with van der Waals surface area (Å²) in [6.07, 6.45) is 7.44. The SMILES string of the molecule is CC(C)(C)N1Oc2ccc3ccccc3c2C1C1=CCCCC1. The standard InChI is InChI=1S/C21H25NO/c1-21(2,3)22-20(16-10-5-4-6-11-16)19-17-12-8-7-9-15(17)13-14-18(19)23-22/h7-10,12-14,20H,4-6,11H2,1-3H3. The lowest BCUT2D eigenvalue weighted by Crippen LogP contribution is -2.43. The van der Waals surface area contributed by atoms with E-state index in [1.165, 1.54) is 47.6 Å². The molecule has 2 heteroatoms. The molecule has 2 aromatic rings. The van der Waals surface area contributed by atoms with Crippen molar-refractivity contribution in [1.29, 1.82) is 0 Å². The van der Waals surface area contributed by atoms with E-state index in [1.807, 2.05) is 0 Å². The lowest BCUT2D eigenvalue weighted by Gasteiger charge is -2.36. The van der Waals surface area contributed by atoms with Crippen LogP contribution < -0.4 is 4.84 Å². The van der Waals surface area contributed by atoms with Gasteiger partial charge in [-0.2, -0.15) is 0 Å². The van der Waals surface area contributed by atoms with Gasteiger partial charge in [0.2, 0.25) is 0 Å². The minimum atomic E-state index is -0.0386. The molecule has 1 aliphatic heterocycles. The smallest absolute Gasteiger partial charge is 0.153 e. The first-order valence-electron chi connectivity index (χ1n) is 8.73. The fraction of sp³-hybridized carbons (Fsp3) is 0.429. The molecule has 2 aromatic carbocycles. The molecule has 0 bridgehead atoms. The quantitative estimate of drug-likeness (QED) is 0.618. The highest BCUT2D eigenvalue weighted by Crippen LogP contribution is 2.49. The molecule has 1 aliphatic carbocycles. The summed E-state index contributed by atoms with van der Waals surface area (Å²) in [5.74, 6) is 1.02. The molecular weight excluding hydrogens is 282 g/mol. The lowest BCUT2D eigenvalue weighted by atomic mass is 9.86. The molecule has 4 rings (SSSR count). The Morgan fingerprint density at radius 2 is 1.87 bits per heavy atom. The first-order valence-corrected chi connectivity index (χ1v) is 8.73. The van der Waals surface area contributed by atoms with E-state index in [4.69, 9.17) is 4.84 Å². The van der Waals surface area contributed by atoms with Gasteiger partial charge in [0.15, 0.2) is 5.75 Å². The average Bonchev–Trinajstić information content (AvgIpc) is 2.96. The van der Waals surface area contributed by atoms with Gasteiger partial charge in [0.25, 0.3) is 0 Å². The number of benzene rings is 2. The highest BCUT2D eigenvalue weighted by atomic mass is 16.7. The third kappa shape index (κ3) is 2.46. The third-order valence-corrected chi connectivity index (χ3v) is 4.97. The Balaban J connectivity index is 1.93. The van der Waals surface area contributed by atoms with Crippen LogP contribution in [0.5, 0.6) is 5.75 Å². The van der Waals surface area contributed by atoms with Crippen molar-refractivity contribution in [3.8, 4) is 5.75 Å². The molecular formula is C21H25NO. The lowest BCUT2D eigenvalue weighted by molar-refractivity contribution is -0.130. The molecule has 0 saturated carbocycles. The molecule has 0 saturated heterocycles. The van der Waals surface area contributed by atoms with Gasteiger partial charge in [-0.3, -0.25) is 0 Å². The Morgan fingerprint density at radius 3 is 2.61 bits per heavy atom. The van der Waals surface area contributed by atoms with Gasteiger partial charge in [-0.15, -0.1) is 5.06 Å². The number of fused-ring (bicyclic) bond motifs is 3. The minimum Gasteiger partial charge on any atom is -0.404 e. The summed E-state index contributed by atoms with van der Waals surface area (Å²) in [5.41, 5.74) is 2.84. The van der Waals surface area contributed by atoms with Crippen molar-refractivity contribution < 1.29 is 4.84 Å². The van der Waals surface area contributed by atoms with Gasteiger partial charge < -0.3 is 4.84 Å². The maximum atomic E-state index is 6.34. The fourth-order valence-corrected chi connectivity index (χ4v) is 3.88. The number of rotatable bonds is 1. The van der Waals surface area contributed by atoms with Crippen molar-refractivity contribution in [2.45, 2.75) is 58.0 Å². The van der Waals surface area contributed by atoms with Crippen molar-refractivity contribution in [1.82, 2.24) is 5.06 Å². The normalized spacial score (nSPS) is 21.9. The van der Waals surface area contributed by atoms with E-state index in [1.54, 1.807) is 0 Å². The summed E-state index contributed by atoms with van der Waals surface area (Å²) in [5, 5.41) is 4.83. The molecule has 1 atom stereocenters. The topological polar surface area (TPSA) is 12.5 Å². The van der Waals surface area contributed by atoms with Crippen LogP contribution in [0, 0.1) is 0 Å². The van der Waals surface area contributed by atoms with Crippen molar-refractivity contribution in [3.05, 3.63) is 53.6 Å². The summed E-state index contributed by atoms with van der Waals surface area (Å²) >= 11 is 0. The second-order valence-electron chi connectivity index (χ2n) is 7.71. The predicted octanol–water partition coefficient (Wildman–Crippen LogP) is 5.79. The van der Waals surface area contributed by atoms with Crippen LogP contribution in [-0.4, -0.2) is 10.6 Å². The largest absolute Gasteiger partial charge is 0.404 e. The number of nitrogens with zero attached hydrogens (tertiary/aromatic N) is 1. The van der Waals surface area contributed by atoms with Gasteiger partial charge in [-0.05, 0) is 68.9 Å². The van der Waals surface area contributed by atoms with Crippen LogP contribution in [0.25, 0.3) is 10.8 Å². The molecule has 2 nitrogen and oxygen atoms in total. The van der Waals surface area contributed by atoms with Crippen molar-refractivity contribution in [2.24, 2.45) is 0 Å². The van der Waals surface area contributed by atoms with Gasteiger partial charge in [0.1, 0.15) is 0 Å². The molecule has 0 aromatic heterocycles. The van der Waals surface area contributed by atoms with E-state index in [0.29, 0.717) is 0 Å². The second kappa shape index (κ2) is 5.38. The van der Waals surface area contributed by atoms with Crippen molar-refractivity contribution >= 4 is 10.8 Å². The van der Waals surface area contributed by atoms with E-state index in [9.17, 15) is 0 Å². The summed E-state index contributed by atoms with van der Waals surface area (Å²) in [4.78, 5) is 6.34. The van der Waals surface area contributed by atoms with Crippen LogP contribution in [0.3, 0.4) is 0 Å². The summed E-state index contributed by atoms with van der Waals surface area (Å²) in [6, 6.07) is 13.2. The van der Waals surface area contributed by atoms with Crippen LogP contribution in [0.1, 0.15) is 58.1 Å². The first kappa shape index (κ1) is 14.8. The summed E-state index contributed by atoms with van der Waals surface area (Å²) in [7, 11) is 0. The van der Waals surface area contributed by atoms with Crippen LogP contribution >= 0.6 is 0 Å². The van der Waals surface area contributed by atoms with Gasteiger partial charge >= 0.3 is 0 Å². The maximum absolute atomic E-state index is 6.34. The first-order chi connectivity index (χ1) is 11.1. The van der Waals surface area contributed by atoms with Gasteiger partial charge in [-0.25, -0.2) is 0 Å². The second-order valence-corrected chi connectivity index (χ2v) is 7.71. The zero-order valence-corrected chi connectivity index (χ0v) is 14.3. The molecule has 0 amide bonds. The Morgan fingerprint density at radius 1 is 1.04 bits per heavy atom. The number of hydrogen-bond acceptors (Lipinski definition) is 2. The highest BCUT2D eigenvalue weighted by Gasteiger charge is 2.42. The molecule has 1 unspecified atom stereocenters. The van der Waals surface area contributed by atoms with Crippen molar-refractivity contribution in [3.63, 3.8) is 0 Å². The molecule has 2 aliphatic rings. The zero-order chi connectivity index (χ0) is 16.0. The maximum Gasteiger partial charge on any atom is 0.153 e.